The van der Waals surface area contributed by atoms with Crippen LogP contribution in [-0.4, -0.2) is 12.4 Å². The molecular formula is C14H18F3NO. The van der Waals surface area contributed by atoms with E-state index in [4.69, 9.17) is 0 Å². The van der Waals surface area contributed by atoms with Gasteiger partial charge in [-0.3, -0.25) is 0 Å². The Morgan fingerprint density at radius 3 is 2.58 bits per heavy atom. The maximum atomic E-state index is 12.1. The molecule has 0 radical (unpaired) electrons. The Morgan fingerprint density at radius 2 is 1.95 bits per heavy atom. The van der Waals surface area contributed by atoms with Crippen molar-refractivity contribution in [3.05, 3.63) is 24.3 Å². The van der Waals surface area contributed by atoms with E-state index in [0.29, 0.717) is 11.6 Å². The van der Waals surface area contributed by atoms with E-state index in [1.165, 1.54) is 37.8 Å². The predicted octanol–water partition coefficient (Wildman–Crippen LogP) is 4.58. The van der Waals surface area contributed by atoms with Gasteiger partial charge in [0.05, 0.1) is 0 Å². The first-order valence-electron chi connectivity index (χ1n) is 6.56. The Labute approximate surface area is 111 Å². The molecule has 2 rings (SSSR count). The molecule has 1 fully saturated rings. The highest BCUT2D eigenvalue weighted by molar-refractivity contribution is 5.48. The zero-order chi connectivity index (χ0) is 13.9. The number of rotatable bonds is 4. The van der Waals surface area contributed by atoms with E-state index < -0.39 is 6.36 Å². The molecule has 1 aromatic rings. The Balaban J connectivity index is 1.98. The van der Waals surface area contributed by atoms with Gasteiger partial charge in [-0.2, -0.15) is 0 Å². The molecule has 0 saturated heterocycles. The van der Waals surface area contributed by atoms with E-state index in [2.05, 4.69) is 17.0 Å². The highest BCUT2D eigenvalue weighted by atomic mass is 19.4. The highest BCUT2D eigenvalue weighted by Gasteiger charge is 2.31. The first-order valence-corrected chi connectivity index (χ1v) is 6.56. The fourth-order valence-electron chi connectivity index (χ4n) is 2.62. The first-order chi connectivity index (χ1) is 8.94. The molecule has 1 N–H and O–H groups in total. The molecule has 0 spiro atoms. The normalized spacial score (nSPS) is 18.3. The van der Waals surface area contributed by atoms with E-state index in [1.54, 1.807) is 12.1 Å². The van der Waals surface area contributed by atoms with Gasteiger partial charge in [-0.15, -0.1) is 13.2 Å². The number of alkyl halides is 3. The van der Waals surface area contributed by atoms with Gasteiger partial charge >= 0.3 is 6.36 Å². The number of anilines is 1. The second kappa shape index (κ2) is 5.72. The molecule has 1 aliphatic carbocycles. The molecule has 106 valence electrons. The van der Waals surface area contributed by atoms with Gasteiger partial charge in [0.25, 0.3) is 0 Å². The molecule has 1 atom stereocenters. The minimum atomic E-state index is -4.64. The van der Waals surface area contributed by atoms with Crippen molar-refractivity contribution in [2.75, 3.05) is 5.32 Å². The lowest BCUT2D eigenvalue weighted by Gasteiger charge is -2.22. The Morgan fingerprint density at radius 1 is 1.26 bits per heavy atom. The van der Waals surface area contributed by atoms with E-state index in [9.17, 15) is 13.2 Å². The molecule has 1 saturated carbocycles. The largest absolute Gasteiger partial charge is 0.573 e. The van der Waals surface area contributed by atoms with Crippen LogP contribution in [0.25, 0.3) is 0 Å². The molecule has 0 aliphatic heterocycles. The third-order valence-electron chi connectivity index (χ3n) is 3.57. The summed E-state index contributed by atoms with van der Waals surface area (Å²) in [4.78, 5) is 0. The third-order valence-corrected chi connectivity index (χ3v) is 3.57. The third kappa shape index (κ3) is 4.33. The van der Waals surface area contributed by atoms with E-state index in [0.717, 1.165) is 0 Å². The lowest BCUT2D eigenvalue weighted by molar-refractivity contribution is -0.274. The fourth-order valence-corrected chi connectivity index (χ4v) is 2.62. The first kappa shape index (κ1) is 14.0. The summed E-state index contributed by atoms with van der Waals surface area (Å²) in [5.41, 5.74) is 0.668. The number of halogens is 3. The summed E-state index contributed by atoms with van der Waals surface area (Å²) >= 11 is 0. The van der Waals surface area contributed by atoms with Gasteiger partial charge in [0, 0.05) is 17.8 Å². The SMILES string of the molecule is CC(Nc1cccc(OC(F)(F)F)c1)C1CCCC1. The topological polar surface area (TPSA) is 21.3 Å². The highest BCUT2D eigenvalue weighted by Crippen LogP contribution is 2.30. The van der Waals surface area contributed by atoms with Crippen LogP contribution in [0.2, 0.25) is 0 Å². The Bertz CT molecular complexity index is 413. The predicted molar refractivity (Wildman–Crippen MR) is 68.2 cm³/mol. The molecule has 1 unspecified atom stereocenters. The minimum absolute atomic E-state index is 0.184. The van der Waals surface area contributed by atoms with Crippen LogP contribution in [0.5, 0.6) is 5.75 Å². The van der Waals surface area contributed by atoms with Crippen LogP contribution in [0, 0.1) is 5.92 Å². The summed E-state index contributed by atoms with van der Waals surface area (Å²) in [5.74, 6) is 0.420. The van der Waals surface area contributed by atoms with E-state index >= 15 is 0 Å². The molecule has 1 aliphatic rings. The van der Waals surface area contributed by atoms with Crippen LogP contribution in [-0.2, 0) is 0 Å². The Hall–Kier alpha value is -1.39. The second-order valence-corrected chi connectivity index (χ2v) is 5.05. The van der Waals surface area contributed by atoms with Crippen LogP contribution >= 0.6 is 0 Å². The van der Waals surface area contributed by atoms with Gasteiger partial charge in [0.15, 0.2) is 0 Å². The molecule has 5 heteroatoms. The molecule has 1 aromatic carbocycles. The van der Waals surface area contributed by atoms with Crippen molar-refractivity contribution in [1.29, 1.82) is 0 Å². The fraction of sp³-hybridized carbons (Fsp3) is 0.571. The molecule has 0 heterocycles. The molecular weight excluding hydrogens is 255 g/mol. The summed E-state index contributed by atoms with van der Waals surface area (Å²) in [7, 11) is 0. The molecule has 2 nitrogen and oxygen atoms in total. The smallest absolute Gasteiger partial charge is 0.406 e. The number of hydrogen-bond donors (Lipinski definition) is 1. The van der Waals surface area contributed by atoms with Crippen molar-refractivity contribution >= 4 is 5.69 Å². The van der Waals surface area contributed by atoms with Crippen molar-refractivity contribution < 1.29 is 17.9 Å². The van der Waals surface area contributed by atoms with E-state index in [-0.39, 0.29) is 11.8 Å². The number of nitrogens with one attached hydrogen (secondary N) is 1. The number of ether oxygens (including phenoxy) is 1. The number of hydrogen-bond acceptors (Lipinski definition) is 2. The number of benzene rings is 1. The van der Waals surface area contributed by atoms with Gasteiger partial charge in [0.1, 0.15) is 5.75 Å². The van der Waals surface area contributed by atoms with Gasteiger partial charge in [-0.25, -0.2) is 0 Å². The zero-order valence-electron chi connectivity index (χ0n) is 10.8. The quantitative estimate of drug-likeness (QED) is 0.867. The van der Waals surface area contributed by atoms with Crippen LogP contribution < -0.4 is 10.1 Å². The molecule has 19 heavy (non-hydrogen) atoms. The summed E-state index contributed by atoms with van der Waals surface area (Å²) in [6.07, 6.45) is 0.220. The van der Waals surface area contributed by atoms with Gasteiger partial charge in [0.2, 0.25) is 0 Å². The van der Waals surface area contributed by atoms with Crippen LogP contribution in [0.15, 0.2) is 24.3 Å². The summed E-state index contributed by atoms with van der Waals surface area (Å²) in [6.45, 7) is 2.08. The van der Waals surface area contributed by atoms with E-state index in [1.807, 2.05) is 0 Å². The lowest BCUT2D eigenvalue weighted by Crippen LogP contribution is -2.23. The molecule has 0 aromatic heterocycles. The average molecular weight is 273 g/mol. The van der Waals surface area contributed by atoms with Crippen molar-refractivity contribution in [2.45, 2.75) is 45.0 Å². The molecule has 0 amide bonds. The van der Waals surface area contributed by atoms with Crippen LogP contribution in [0.1, 0.15) is 32.6 Å². The zero-order valence-corrected chi connectivity index (χ0v) is 10.8. The van der Waals surface area contributed by atoms with Crippen molar-refractivity contribution in [3.63, 3.8) is 0 Å². The monoisotopic (exact) mass is 273 g/mol. The van der Waals surface area contributed by atoms with Gasteiger partial charge in [-0.05, 0) is 37.8 Å². The Kier molecular flexibility index (Phi) is 4.22. The van der Waals surface area contributed by atoms with Crippen molar-refractivity contribution in [2.24, 2.45) is 5.92 Å². The maximum Gasteiger partial charge on any atom is 0.573 e. The average Bonchev–Trinajstić information content (AvgIpc) is 2.80. The maximum absolute atomic E-state index is 12.1. The standard InChI is InChI=1S/C14H18F3NO/c1-10(11-5-2-3-6-11)18-12-7-4-8-13(9-12)19-14(15,16)17/h4,7-11,18H,2-3,5-6H2,1H3. The molecule has 0 bridgehead atoms. The van der Waals surface area contributed by atoms with Crippen LogP contribution in [0.4, 0.5) is 18.9 Å². The van der Waals surface area contributed by atoms with Crippen LogP contribution in [0.3, 0.4) is 0 Å². The summed E-state index contributed by atoms with van der Waals surface area (Å²) in [5, 5.41) is 3.26. The van der Waals surface area contributed by atoms with Gasteiger partial charge < -0.3 is 10.1 Å². The minimum Gasteiger partial charge on any atom is -0.406 e. The summed E-state index contributed by atoms with van der Waals surface area (Å²) in [6, 6.07) is 6.28. The van der Waals surface area contributed by atoms with Gasteiger partial charge in [-0.1, -0.05) is 18.9 Å². The second-order valence-electron chi connectivity index (χ2n) is 5.05. The summed E-state index contributed by atoms with van der Waals surface area (Å²) < 4.78 is 40.3. The van der Waals surface area contributed by atoms with Crippen molar-refractivity contribution in [3.8, 4) is 5.75 Å². The lowest BCUT2D eigenvalue weighted by atomic mass is 9.99. The van der Waals surface area contributed by atoms with Crippen molar-refractivity contribution in [1.82, 2.24) is 0 Å².